The van der Waals surface area contributed by atoms with Gasteiger partial charge in [0.15, 0.2) is 0 Å². The molecule has 0 bridgehead atoms. The quantitative estimate of drug-likeness (QED) is 0.592. The van der Waals surface area contributed by atoms with E-state index in [4.69, 9.17) is 4.74 Å². The molecule has 0 amide bonds. The standard InChI is InChI=1S/C12H9Br2FO2/c1-2-17-12(16)5-3-4-9-10(13)6-8(15)7-11(9)14/h6-7H,2,5H2,1H3. The van der Waals surface area contributed by atoms with Gasteiger partial charge < -0.3 is 4.74 Å². The first-order valence-electron chi connectivity index (χ1n) is 4.83. The van der Waals surface area contributed by atoms with Gasteiger partial charge in [0.25, 0.3) is 0 Å². The fourth-order valence-electron chi connectivity index (χ4n) is 1.08. The number of ether oxygens (including phenoxy) is 1. The van der Waals surface area contributed by atoms with Gasteiger partial charge in [-0.3, -0.25) is 4.79 Å². The van der Waals surface area contributed by atoms with Crippen molar-refractivity contribution in [1.82, 2.24) is 0 Å². The monoisotopic (exact) mass is 362 g/mol. The van der Waals surface area contributed by atoms with Crippen LogP contribution in [0.3, 0.4) is 0 Å². The lowest BCUT2D eigenvalue weighted by Gasteiger charge is -2.00. The van der Waals surface area contributed by atoms with Crippen LogP contribution in [0.4, 0.5) is 4.39 Å². The van der Waals surface area contributed by atoms with Crippen LogP contribution >= 0.6 is 31.9 Å². The van der Waals surface area contributed by atoms with Crippen molar-refractivity contribution in [3.05, 3.63) is 32.5 Å². The third-order valence-corrected chi connectivity index (χ3v) is 3.01. The average Bonchev–Trinajstić information content (AvgIpc) is 2.22. The fourth-order valence-corrected chi connectivity index (χ4v) is 2.41. The van der Waals surface area contributed by atoms with E-state index in [9.17, 15) is 9.18 Å². The average molecular weight is 364 g/mol. The molecular formula is C12H9Br2FO2. The predicted molar refractivity (Wildman–Crippen MR) is 69.9 cm³/mol. The highest BCUT2D eigenvalue weighted by atomic mass is 79.9. The first-order chi connectivity index (χ1) is 8.04. The van der Waals surface area contributed by atoms with E-state index in [0.717, 1.165) is 0 Å². The van der Waals surface area contributed by atoms with Crippen molar-refractivity contribution < 1.29 is 13.9 Å². The molecule has 0 unspecified atom stereocenters. The predicted octanol–water partition coefficient (Wildman–Crippen LogP) is 3.66. The van der Waals surface area contributed by atoms with Gasteiger partial charge in [-0.2, -0.15) is 0 Å². The van der Waals surface area contributed by atoms with Crippen molar-refractivity contribution in [2.75, 3.05) is 6.61 Å². The highest BCUT2D eigenvalue weighted by Gasteiger charge is 2.05. The number of carbonyl (C=O) groups excluding carboxylic acids is 1. The van der Waals surface area contributed by atoms with Crippen molar-refractivity contribution in [3.8, 4) is 11.8 Å². The third kappa shape index (κ3) is 4.49. The maximum absolute atomic E-state index is 13.0. The SMILES string of the molecule is CCOC(=O)CC#Cc1c(Br)cc(F)cc1Br. The van der Waals surface area contributed by atoms with Crippen LogP contribution < -0.4 is 0 Å². The van der Waals surface area contributed by atoms with Crippen molar-refractivity contribution in [3.63, 3.8) is 0 Å². The van der Waals surface area contributed by atoms with Crippen molar-refractivity contribution >= 4 is 37.8 Å². The Bertz CT molecular complexity index is 466. The molecule has 0 aromatic heterocycles. The maximum Gasteiger partial charge on any atom is 0.317 e. The van der Waals surface area contributed by atoms with Gasteiger partial charge in [-0.1, -0.05) is 11.8 Å². The van der Waals surface area contributed by atoms with Crippen molar-refractivity contribution in [1.29, 1.82) is 0 Å². The number of halogens is 3. The van der Waals surface area contributed by atoms with Crippen molar-refractivity contribution in [2.24, 2.45) is 0 Å². The van der Waals surface area contributed by atoms with Gasteiger partial charge in [0.05, 0.1) is 12.2 Å². The van der Waals surface area contributed by atoms with Gasteiger partial charge in [0.2, 0.25) is 0 Å². The molecule has 1 aromatic carbocycles. The topological polar surface area (TPSA) is 26.3 Å². The lowest BCUT2D eigenvalue weighted by molar-refractivity contribution is -0.141. The van der Waals surface area contributed by atoms with Gasteiger partial charge in [-0.15, -0.1) is 0 Å². The van der Waals surface area contributed by atoms with Gasteiger partial charge >= 0.3 is 5.97 Å². The van der Waals surface area contributed by atoms with E-state index < -0.39 is 0 Å². The van der Waals surface area contributed by atoms with E-state index in [2.05, 4.69) is 43.7 Å². The summed E-state index contributed by atoms with van der Waals surface area (Å²) in [6, 6.07) is 2.64. The Morgan fingerprint density at radius 3 is 2.53 bits per heavy atom. The molecule has 0 saturated heterocycles. The summed E-state index contributed by atoms with van der Waals surface area (Å²) in [5.74, 6) is 4.74. The van der Waals surface area contributed by atoms with Crippen LogP contribution in [-0.4, -0.2) is 12.6 Å². The van der Waals surface area contributed by atoms with E-state index in [1.54, 1.807) is 6.92 Å². The summed E-state index contributed by atoms with van der Waals surface area (Å²) in [6.07, 6.45) is 0.0180. The van der Waals surface area contributed by atoms with E-state index in [1.807, 2.05) is 0 Å². The fraction of sp³-hybridized carbons (Fsp3) is 0.250. The Morgan fingerprint density at radius 2 is 2.00 bits per heavy atom. The number of benzene rings is 1. The molecule has 0 atom stereocenters. The first-order valence-corrected chi connectivity index (χ1v) is 6.42. The van der Waals surface area contributed by atoms with E-state index in [1.165, 1.54) is 12.1 Å². The van der Waals surface area contributed by atoms with Crippen molar-refractivity contribution in [2.45, 2.75) is 13.3 Å². The van der Waals surface area contributed by atoms with Crippen LogP contribution in [0.25, 0.3) is 0 Å². The number of carbonyl (C=O) groups is 1. The van der Waals surface area contributed by atoms with Gasteiger partial charge in [-0.25, -0.2) is 4.39 Å². The molecular weight excluding hydrogens is 355 g/mol. The summed E-state index contributed by atoms with van der Waals surface area (Å²) in [5, 5.41) is 0. The summed E-state index contributed by atoms with van der Waals surface area (Å²) in [5.41, 5.74) is 0.607. The number of hydrogen-bond acceptors (Lipinski definition) is 2. The molecule has 17 heavy (non-hydrogen) atoms. The molecule has 0 fully saturated rings. The van der Waals surface area contributed by atoms with Gasteiger partial charge in [-0.05, 0) is 50.9 Å². The second kappa shape index (κ2) is 6.77. The number of esters is 1. The van der Waals surface area contributed by atoms with E-state index >= 15 is 0 Å². The molecule has 2 nitrogen and oxygen atoms in total. The zero-order valence-electron chi connectivity index (χ0n) is 9.02. The molecule has 5 heteroatoms. The molecule has 0 aliphatic heterocycles. The summed E-state index contributed by atoms with van der Waals surface area (Å²) in [6.45, 7) is 2.07. The third-order valence-electron chi connectivity index (χ3n) is 1.76. The molecule has 0 radical (unpaired) electrons. The molecule has 0 N–H and O–H groups in total. The van der Waals surface area contributed by atoms with E-state index in [0.29, 0.717) is 21.1 Å². The Labute approximate surface area is 116 Å². The summed E-state index contributed by atoms with van der Waals surface area (Å²) in [7, 11) is 0. The number of rotatable bonds is 2. The Kier molecular flexibility index (Phi) is 5.66. The van der Waals surface area contributed by atoms with Crippen LogP contribution in [0, 0.1) is 17.7 Å². The summed E-state index contributed by atoms with van der Waals surface area (Å²) >= 11 is 6.41. The zero-order valence-corrected chi connectivity index (χ0v) is 12.2. The first kappa shape index (κ1) is 14.2. The second-order valence-corrected chi connectivity index (χ2v) is 4.74. The lowest BCUT2D eigenvalue weighted by atomic mass is 10.2. The minimum absolute atomic E-state index is 0.0180. The van der Waals surface area contributed by atoms with Crippen LogP contribution in [0.2, 0.25) is 0 Å². The maximum atomic E-state index is 13.0. The largest absolute Gasteiger partial charge is 0.465 e. The minimum Gasteiger partial charge on any atom is -0.465 e. The lowest BCUT2D eigenvalue weighted by Crippen LogP contribution is -2.01. The molecule has 1 rings (SSSR count). The normalized spacial score (nSPS) is 9.41. The molecule has 0 spiro atoms. The second-order valence-electron chi connectivity index (χ2n) is 3.03. The molecule has 1 aromatic rings. The van der Waals surface area contributed by atoms with E-state index in [-0.39, 0.29) is 18.2 Å². The smallest absolute Gasteiger partial charge is 0.317 e. The highest BCUT2D eigenvalue weighted by molar-refractivity contribution is 9.11. The highest BCUT2D eigenvalue weighted by Crippen LogP contribution is 2.25. The van der Waals surface area contributed by atoms with Crippen LogP contribution in [0.15, 0.2) is 21.1 Å². The Hall–Kier alpha value is -0.860. The Morgan fingerprint density at radius 1 is 1.41 bits per heavy atom. The molecule has 0 heterocycles. The molecule has 0 aliphatic carbocycles. The molecule has 90 valence electrons. The zero-order chi connectivity index (χ0) is 12.8. The number of hydrogen-bond donors (Lipinski definition) is 0. The summed E-state index contributed by atoms with van der Waals surface area (Å²) in [4.78, 5) is 11.0. The van der Waals surface area contributed by atoms with Crippen LogP contribution in [-0.2, 0) is 9.53 Å². The minimum atomic E-state index is -0.366. The molecule has 0 saturated carbocycles. The Balaban J connectivity index is 2.82. The van der Waals surface area contributed by atoms with Gasteiger partial charge in [0, 0.05) is 8.95 Å². The van der Waals surface area contributed by atoms with Crippen LogP contribution in [0.5, 0.6) is 0 Å². The van der Waals surface area contributed by atoms with Gasteiger partial charge in [0.1, 0.15) is 12.2 Å². The summed E-state index contributed by atoms with van der Waals surface area (Å²) < 4.78 is 18.8. The molecule has 0 aliphatic rings. The van der Waals surface area contributed by atoms with Crippen LogP contribution in [0.1, 0.15) is 18.9 Å².